The summed E-state index contributed by atoms with van der Waals surface area (Å²) in [5, 5.41) is 3.62. The highest BCUT2D eigenvalue weighted by molar-refractivity contribution is 7.15. The van der Waals surface area contributed by atoms with E-state index in [0.717, 1.165) is 37.9 Å². The Morgan fingerprint density at radius 1 is 1.61 bits per heavy atom. The van der Waals surface area contributed by atoms with E-state index in [2.05, 4.69) is 20.6 Å². The lowest BCUT2D eigenvalue weighted by Crippen LogP contribution is -2.51. The van der Waals surface area contributed by atoms with Gasteiger partial charge in [0.25, 0.3) is 0 Å². The quantitative estimate of drug-likeness (QED) is 0.515. The van der Waals surface area contributed by atoms with Crippen LogP contribution in [0.2, 0.25) is 0 Å². The summed E-state index contributed by atoms with van der Waals surface area (Å²) in [7, 11) is 0. The number of fused-ring (bicyclic) bond motifs is 1. The van der Waals surface area contributed by atoms with Gasteiger partial charge >= 0.3 is 6.03 Å². The van der Waals surface area contributed by atoms with Crippen molar-refractivity contribution in [3.05, 3.63) is 11.1 Å². The first kappa shape index (κ1) is 11.7. The van der Waals surface area contributed by atoms with Crippen molar-refractivity contribution in [3.8, 4) is 0 Å². The van der Waals surface area contributed by atoms with Gasteiger partial charge in [-0.05, 0) is 0 Å². The Morgan fingerprint density at radius 2 is 2.50 bits per heavy atom. The summed E-state index contributed by atoms with van der Waals surface area (Å²) in [6.45, 7) is 4.26. The van der Waals surface area contributed by atoms with E-state index in [-0.39, 0.29) is 6.03 Å². The molecule has 3 heterocycles. The number of amides is 2. The molecule has 1 unspecified atom stereocenters. The van der Waals surface area contributed by atoms with Crippen LogP contribution in [0, 0.1) is 0 Å². The normalized spacial score (nSPS) is 23.9. The predicted octanol–water partition coefficient (Wildman–Crippen LogP) is -0.362. The molecular weight excluding hydrogens is 252 g/mol. The number of urea groups is 1. The zero-order chi connectivity index (χ0) is 12.5. The molecule has 0 saturated carbocycles. The van der Waals surface area contributed by atoms with Crippen LogP contribution >= 0.6 is 11.3 Å². The Bertz CT molecular complexity index is 449. The molecular formula is C10H16N6OS. The van der Waals surface area contributed by atoms with Gasteiger partial charge in [-0.25, -0.2) is 15.6 Å². The summed E-state index contributed by atoms with van der Waals surface area (Å²) in [5.41, 5.74) is 2.55. The first-order valence-electron chi connectivity index (χ1n) is 5.94. The number of hydrazine groups is 1. The second kappa shape index (κ2) is 4.71. The maximum atomic E-state index is 11.5. The third-order valence-electron chi connectivity index (χ3n) is 3.37. The second-order valence-electron chi connectivity index (χ2n) is 4.54. The Kier molecular flexibility index (Phi) is 3.06. The molecule has 7 nitrogen and oxygen atoms in total. The number of aromatic nitrogens is 1. The van der Waals surface area contributed by atoms with Gasteiger partial charge in [0.2, 0.25) is 0 Å². The third-order valence-corrected chi connectivity index (χ3v) is 4.29. The number of nitrogens with one attached hydrogen (secondary N) is 2. The van der Waals surface area contributed by atoms with Crippen LogP contribution in [-0.4, -0.2) is 53.0 Å². The van der Waals surface area contributed by atoms with Crippen LogP contribution in [0.4, 0.5) is 9.93 Å². The monoisotopic (exact) mass is 268 g/mol. The SMILES string of the molecule is NNc1ncc(CN2CCN3C(=O)NCC3C2)s1. The van der Waals surface area contributed by atoms with Gasteiger partial charge < -0.3 is 10.2 Å². The second-order valence-corrected chi connectivity index (χ2v) is 5.66. The summed E-state index contributed by atoms with van der Waals surface area (Å²) in [4.78, 5) is 21.1. The number of piperazine rings is 1. The Balaban J connectivity index is 1.60. The van der Waals surface area contributed by atoms with Crippen LogP contribution in [0.5, 0.6) is 0 Å². The fourth-order valence-corrected chi connectivity index (χ4v) is 3.24. The van der Waals surface area contributed by atoms with E-state index in [1.54, 1.807) is 11.3 Å². The van der Waals surface area contributed by atoms with Crippen LogP contribution in [0.25, 0.3) is 0 Å². The van der Waals surface area contributed by atoms with E-state index in [0.29, 0.717) is 6.04 Å². The molecule has 3 rings (SSSR count). The fraction of sp³-hybridized carbons (Fsp3) is 0.600. The molecule has 2 amide bonds. The Labute approximate surface area is 109 Å². The Morgan fingerprint density at radius 3 is 3.28 bits per heavy atom. The molecule has 0 aliphatic carbocycles. The number of hydrogen-bond acceptors (Lipinski definition) is 6. The van der Waals surface area contributed by atoms with Crippen LogP contribution in [0.15, 0.2) is 6.20 Å². The molecule has 0 spiro atoms. The van der Waals surface area contributed by atoms with Gasteiger partial charge in [-0.1, -0.05) is 11.3 Å². The molecule has 1 atom stereocenters. The number of nitrogen functional groups attached to an aromatic ring is 1. The van der Waals surface area contributed by atoms with Gasteiger partial charge in [0, 0.05) is 43.8 Å². The van der Waals surface area contributed by atoms with Crippen molar-refractivity contribution in [1.82, 2.24) is 20.1 Å². The van der Waals surface area contributed by atoms with Gasteiger partial charge in [0.1, 0.15) is 0 Å². The lowest BCUT2D eigenvalue weighted by atomic mass is 10.2. The van der Waals surface area contributed by atoms with E-state index in [1.165, 1.54) is 4.88 Å². The minimum atomic E-state index is 0.0760. The lowest BCUT2D eigenvalue weighted by molar-refractivity contribution is 0.117. The summed E-state index contributed by atoms with van der Waals surface area (Å²) in [5.74, 6) is 5.31. The molecule has 98 valence electrons. The molecule has 2 aliphatic rings. The summed E-state index contributed by atoms with van der Waals surface area (Å²) in [6, 6.07) is 0.387. The number of rotatable bonds is 3. The number of nitrogens with zero attached hydrogens (tertiary/aromatic N) is 3. The van der Waals surface area contributed by atoms with Crippen molar-refractivity contribution in [2.75, 3.05) is 31.6 Å². The van der Waals surface area contributed by atoms with Gasteiger partial charge in [0.05, 0.1) is 6.04 Å². The van der Waals surface area contributed by atoms with Crippen molar-refractivity contribution in [3.63, 3.8) is 0 Å². The van der Waals surface area contributed by atoms with Crippen LogP contribution in [-0.2, 0) is 6.54 Å². The molecule has 1 aromatic heterocycles. The maximum Gasteiger partial charge on any atom is 0.317 e. The fourth-order valence-electron chi connectivity index (χ4n) is 2.48. The van der Waals surface area contributed by atoms with Gasteiger partial charge in [-0.2, -0.15) is 0 Å². The van der Waals surface area contributed by atoms with E-state index in [4.69, 9.17) is 5.84 Å². The minimum Gasteiger partial charge on any atom is -0.336 e. The van der Waals surface area contributed by atoms with E-state index < -0.39 is 0 Å². The number of hydrogen-bond donors (Lipinski definition) is 3. The molecule has 4 N–H and O–H groups in total. The summed E-state index contributed by atoms with van der Waals surface area (Å²) in [6.07, 6.45) is 1.85. The van der Waals surface area contributed by atoms with E-state index in [1.807, 2.05) is 11.1 Å². The lowest BCUT2D eigenvalue weighted by Gasteiger charge is -2.36. The van der Waals surface area contributed by atoms with Gasteiger partial charge in [-0.3, -0.25) is 10.3 Å². The zero-order valence-corrected chi connectivity index (χ0v) is 10.7. The van der Waals surface area contributed by atoms with E-state index >= 15 is 0 Å². The topological polar surface area (TPSA) is 86.5 Å². The number of thiazole rings is 1. The van der Waals surface area contributed by atoms with Crippen molar-refractivity contribution in [1.29, 1.82) is 0 Å². The number of carbonyl (C=O) groups is 1. The number of carbonyl (C=O) groups excluding carboxylic acids is 1. The van der Waals surface area contributed by atoms with Crippen LogP contribution < -0.4 is 16.6 Å². The van der Waals surface area contributed by atoms with Gasteiger partial charge in [-0.15, -0.1) is 0 Å². The molecule has 0 bridgehead atoms. The standard InChI is InChI=1S/C10H16N6OS/c11-14-9-12-4-8(18-9)6-15-1-2-16-7(5-15)3-13-10(16)17/h4,7H,1-3,5-6,11H2,(H,12,14)(H,13,17). The first-order valence-corrected chi connectivity index (χ1v) is 6.76. The highest BCUT2D eigenvalue weighted by Gasteiger charge is 2.35. The largest absolute Gasteiger partial charge is 0.336 e. The van der Waals surface area contributed by atoms with Crippen LogP contribution in [0.1, 0.15) is 4.88 Å². The average Bonchev–Trinajstić information content (AvgIpc) is 2.97. The predicted molar refractivity (Wildman–Crippen MR) is 69.1 cm³/mol. The van der Waals surface area contributed by atoms with Crippen LogP contribution in [0.3, 0.4) is 0 Å². The third kappa shape index (κ3) is 2.14. The molecule has 18 heavy (non-hydrogen) atoms. The van der Waals surface area contributed by atoms with E-state index in [9.17, 15) is 4.79 Å². The average molecular weight is 268 g/mol. The van der Waals surface area contributed by atoms with Crippen molar-refractivity contribution in [2.45, 2.75) is 12.6 Å². The zero-order valence-electron chi connectivity index (χ0n) is 9.93. The van der Waals surface area contributed by atoms with Gasteiger partial charge in [0.15, 0.2) is 5.13 Å². The van der Waals surface area contributed by atoms with Crippen molar-refractivity contribution < 1.29 is 4.79 Å². The highest BCUT2D eigenvalue weighted by Crippen LogP contribution is 2.21. The molecule has 1 aromatic rings. The minimum absolute atomic E-state index is 0.0760. The Hall–Kier alpha value is -1.38. The summed E-state index contributed by atoms with van der Waals surface area (Å²) < 4.78 is 0. The summed E-state index contributed by atoms with van der Waals surface area (Å²) >= 11 is 1.57. The van der Waals surface area contributed by atoms with Crippen molar-refractivity contribution >= 4 is 22.5 Å². The molecule has 8 heteroatoms. The molecule has 2 fully saturated rings. The molecule has 0 aromatic carbocycles. The molecule has 2 aliphatic heterocycles. The maximum absolute atomic E-state index is 11.5. The van der Waals surface area contributed by atoms with Crippen molar-refractivity contribution in [2.24, 2.45) is 5.84 Å². The number of anilines is 1. The molecule has 2 saturated heterocycles. The smallest absolute Gasteiger partial charge is 0.317 e. The molecule has 0 radical (unpaired) electrons. The first-order chi connectivity index (χ1) is 8.76. The number of nitrogens with two attached hydrogens (primary N) is 1. The highest BCUT2D eigenvalue weighted by atomic mass is 32.1.